The molecule has 1 rings (SSSR count). The van der Waals surface area contributed by atoms with Crippen LogP contribution in [0, 0.1) is 0 Å². The van der Waals surface area contributed by atoms with Crippen LogP contribution in [0.5, 0.6) is 0 Å². The Morgan fingerprint density at radius 3 is 2.57 bits per heavy atom. The predicted molar refractivity (Wildman–Crippen MR) is 47.6 cm³/mol. The van der Waals surface area contributed by atoms with Crippen LogP contribution in [-0.2, 0) is 6.54 Å². The van der Waals surface area contributed by atoms with Crippen LogP contribution in [-0.4, -0.2) is 20.9 Å². The first-order valence-corrected chi connectivity index (χ1v) is 4.88. The third kappa shape index (κ3) is 4.59. The molecule has 0 aliphatic heterocycles. The van der Waals surface area contributed by atoms with Gasteiger partial charge in [-0.1, -0.05) is 0 Å². The average Bonchev–Trinajstić information content (AvgIpc) is 2.44. The first-order valence-electron chi connectivity index (χ1n) is 4.09. The minimum absolute atomic E-state index is 0.126. The molecule has 0 radical (unpaired) electrons. The number of halogens is 4. The lowest BCUT2D eigenvalue weighted by atomic mass is 10.2. The Kier molecular flexibility index (Phi) is 3.91. The van der Waals surface area contributed by atoms with E-state index in [1.165, 1.54) is 11.0 Å². The van der Waals surface area contributed by atoms with Crippen LogP contribution < -0.4 is 0 Å². The first-order chi connectivity index (χ1) is 6.47. The molecule has 0 N–H and O–H groups in total. The SMILES string of the molecule is FC(F)(F)CCCCn1cnc(Br)n1. The topological polar surface area (TPSA) is 30.7 Å². The zero-order valence-corrected chi connectivity index (χ0v) is 8.85. The molecular weight excluding hydrogens is 263 g/mol. The number of nitrogens with zero attached hydrogens (tertiary/aromatic N) is 3. The molecule has 7 heteroatoms. The van der Waals surface area contributed by atoms with Crippen LogP contribution in [0.1, 0.15) is 19.3 Å². The second kappa shape index (κ2) is 4.77. The number of rotatable bonds is 4. The van der Waals surface area contributed by atoms with E-state index in [2.05, 4.69) is 26.0 Å². The van der Waals surface area contributed by atoms with Crippen molar-refractivity contribution in [3.05, 3.63) is 11.1 Å². The van der Waals surface area contributed by atoms with Crippen LogP contribution >= 0.6 is 15.9 Å². The van der Waals surface area contributed by atoms with E-state index in [1.54, 1.807) is 0 Å². The standard InChI is InChI=1S/C7H9BrF3N3/c8-6-12-5-14(13-6)4-2-1-3-7(9,10)11/h5H,1-4H2. The molecule has 0 aliphatic carbocycles. The van der Waals surface area contributed by atoms with E-state index < -0.39 is 12.6 Å². The zero-order valence-electron chi connectivity index (χ0n) is 7.26. The highest BCUT2D eigenvalue weighted by Crippen LogP contribution is 2.22. The van der Waals surface area contributed by atoms with E-state index >= 15 is 0 Å². The monoisotopic (exact) mass is 271 g/mol. The summed E-state index contributed by atoms with van der Waals surface area (Å²) in [7, 11) is 0. The largest absolute Gasteiger partial charge is 0.389 e. The summed E-state index contributed by atoms with van der Waals surface area (Å²) >= 11 is 3.05. The van der Waals surface area contributed by atoms with Gasteiger partial charge < -0.3 is 0 Å². The molecular formula is C7H9BrF3N3. The molecule has 0 atom stereocenters. The van der Waals surface area contributed by atoms with Gasteiger partial charge in [-0.15, -0.1) is 5.10 Å². The molecule has 0 unspecified atom stereocenters. The van der Waals surface area contributed by atoms with Crippen molar-refractivity contribution in [2.75, 3.05) is 0 Å². The van der Waals surface area contributed by atoms with Crippen LogP contribution in [0.25, 0.3) is 0 Å². The highest BCUT2D eigenvalue weighted by Gasteiger charge is 2.25. The van der Waals surface area contributed by atoms with Crippen LogP contribution in [0.15, 0.2) is 11.1 Å². The van der Waals surface area contributed by atoms with Gasteiger partial charge in [0.1, 0.15) is 6.33 Å². The summed E-state index contributed by atoms with van der Waals surface area (Å²) in [4.78, 5) is 3.79. The quantitative estimate of drug-likeness (QED) is 0.789. The Hall–Kier alpha value is -0.590. The molecule has 14 heavy (non-hydrogen) atoms. The molecule has 1 aromatic rings. The Balaban J connectivity index is 2.16. The summed E-state index contributed by atoms with van der Waals surface area (Å²) < 4.78 is 37.2. The summed E-state index contributed by atoms with van der Waals surface area (Å²) in [6, 6.07) is 0. The van der Waals surface area contributed by atoms with Gasteiger partial charge in [-0.25, -0.2) is 4.98 Å². The Morgan fingerprint density at radius 1 is 1.36 bits per heavy atom. The third-order valence-corrected chi connectivity index (χ3v) is 1.97. The summed E-state index contributed by atoms with van der Waals surface area (Å²) in [6.45, 7) is 0.467. The van der Waals surface area contributed by atoms with Crippen LogP contribution in [0.4, 0.5) is 13.2 Å². The highest BCUT2D eigenvalue weighted by molar-refractivity contribution is 9.10. The van der Waals surface area contributed by atoms with Gasteiger partial charge in [-0.2, -0.15) is 13.2 Å². The maximum absolute atomic E-state index is 11.7. The molecule has 0 aliphatic rings. The highest BCUT2D eigenvalue weighted by atomic mass is 79.9. The summed E-state index contributed by atoms with van der Waals surface area (Å²) in [5, 5.41) is 3.89. The molecule has 0 spiro atoms. The molecule has 3 nitrogen and oxygen atoms in total. The Labute approximate surface area is 87.4 Å². The molecule has 0 saturated heterocycles. The molecule has 0 bridgehead atoms. The number of aromatic nitrogens is 3. The zero-order chi connectivity index (χ0) is 10.6. The van der Waals surface area contributed by atoms with E-state index in [9.17, 15) is 13.2 Å². The number of unbranched alkanes of at least 4 members (excludes halogenated alkanes) is 1. The fraction of sp³-hybridized carbons (Fsp3) is 0.714. The maximum Gasteiger partial charge on any atom is 0.389 e. The molecule has 0 aromatic carbocycles. The van der Waals surface area contributed by atoms with Crippen molar-refractivity contribution in [1.82, 2.24) is 14.8 Å². The van der Waals surface area contributed by atoms with Crippen molar-refractivity contribution in [1.29, 1.82) is 0 Å². The normalized spacial score (nSPS) is 12.0. The lowest BCUT2D eigenvalue weighted by Gasteiger charge is -2.05. The summed E-state index contributed by atoms with van der Waals surface area (Å²) in [5.74, 6) is 0. The van der Waals surface area contributed by atoms with Crippen molar-refractivity contribution in [2.24, 2.45) is 0 Å². The van der Waals surface area contributed by atoms with Gasteiger partial charge in [0.15, 0.2) is 0 Å². The molecule has 1 aromatic heterocycles. The number of aryl methyl sites for hydroxylation is 1. The van der Waals surface area contributed by atoms with Gasteiger partial charge in [-0.3, -0.25) is 4.68 Å². The van der Waals surface area contributed by atoms with Crippen LogP contribution in [0.3, 0.4) is 0 Å². The van der Waals surface area contributed by atoms with E-state index in [-0.39, 0.29) is 6.42 Å². The predicted octanol–water partition coefficient (Wildman–Crippen LogP) is 2.77. The van der Waals surface area contributed by atoms with E-state index in [4.69, 9.17) is 0 Å². The minimum atomic E-state index is -4.05. The van der Waals surface area contributed by atoms with Gasteiger partial charge in [0, 0.05) is 13.0 Å². The molecule has 0 fully saturated rings. The number of hydrogen-bond donors (Lipinski definition) is 0. The van der Waals surface area contributed by atoms with Crippen molar-refractivity contribution in [2.45, 2.75) is 32.0 Å². The lowest BCUT2D eigenvalue weighted by Crippen LogP contribution is -2.07. The second-order valence-corrected chi connectivity index (χ2v) is 3.56. The van der Waals surface area contributed by atoms with Gasteiger partial charge in [0.2, 0.25) is 4.73 Å². The van der Waals surface area contributed by atoms with E-state index in [0.717, 1.165) is 0 Å². The van der Waals surface area contributed by atoms with E-state index in [1.807, 2.05) is 0 Å². The van der Waals surface area contributed by atoms with E-state index in [0.29, 0.717) is 17.7 Å². The molecule has 1 heterocycles. The van der Waals surface area contributed by atoms with Crippen molar-refractivity contribution in [3.63, 3.8) is 0 Å². The number of alkyl halides is 3. The van der Waals surface area contributed by atoms with Gasteiger partial charge in [0.05, 0.1) is 0 Å². The van der Waals surface area contributed by atoms with Gasteiger partial charge in [0.25, 0.3) is 0 Å². The maximum atomic E-state index is 11.7. The van der Waals surface area contributed by atoms with Crippen molar-refractivity contribution >= 4 is 15.9 Å². The third-order valence-electron chi connectivity index (χ3n) is 1.61. The smallest absolute Gasteiger partial charge is 0.252 e. The first kappa shape index (κ1) is 11.5. The molecule has 0 saturated carbocycles. The van der Waals surface area contributed by atoms with Gasteiger partial charge in [-0.05, 0) is 28.8 Å². The number of hydrogen-bond acceptors (Lipinski definition) is 2. The summed E-state index contributed by atoms with van der Waals surface area (Å²) in [6.07, 6.45) is -2.72. The molecule has 80 valence electrons. The lowest BCUT2D eigenvalue weighted by molar-refractivity contribution is -0.135. The van der Waals surface area contributed by atoms with Crippen molar-refractivity contribution in [3.8, 4) is 0 Å². The van der Waals surface area contributed by atoms with Crippen LogP contribution in [0.2, 0.25) is 0 Å². The Morgan fingerprint density at radius 2 is 2.07 bits per heavy atom. The molecule has 0 amide bonds. The van der Waals surface area contributed by atoms with Crippen molar-refractivity contribution < 1.29 is 13.2 Å². The average molecular weight is 272 g/mol. The Bertz CT molecular complexity index is 284. The van der Waals surface area contributed by atoms with Gasteiger partial charge >= 0.3 is 6.18 Å². The summed E-state index contributed by atoms with van der Waals surface area (Å²) in [5.41, 5.74) is 0. The second-order valence-electron chi connectivity index (χ2n) is 2.85. The minimum Gasteiger partial charge on any atom is -0.252 e. The fourth-order valence-electron chi connectivity index (χ4n) is 0.979. The fourth-order valence-corrected chi connectivity index (χ4v) is 1.27.